The molecular weight excluding hydrogens is 303 g/mol. The first-order valence-corrected chi connectivity index (χ1v) is 7.96. The molecule has 1 aliphatic heterocycles. The van der Waals surface area contributed by atoms with Crippen LogP contribution in [-0.4, -0.2) is 38.2 Å². The van der Waals surface area contributed by atoms with Gasteiger partial charge in [-0.15, -0.1) is 12.4 Å². The van der Waals surface area contributed by atoms with Gasteiger partial charge in [-0.25, -0.2) is 4.39 Å². The van der Waals surface area contributed by atoms with Crippen molar-refractivity contribution in [1.82, 2.24) is 10.2 Å². The summed E-state index contributed by atoms with van der Waals surface area (Å²) in [4.78, 5) is 2.41. The van der Waals surface area contributed by atoms with Gasteiger partial charge in [0.2, 0.25) is 0 Å². The lowest BCUT2D eigenvalue weighted by atomic mass is 9.88. The molecule has 2 rings (SSSR count). The van der Waals surface area contributed by atoms with E-state index >= 15 is 0 Å². The molecule has 0 radical (unpaired) electrons. The van der Waals surface area contributed by atoms with Crippen LogP contribution in [0, 0.1) is 11.7 Å². The number of ether oxygens (including phenoxy) is 1. The van der Waals surface area contributed by atoms with Gasteiger partial charge in [0, 0.05) is 37.8 Å². The van der Waals surface area contributed by atoms with Crippen molar-refractivity contribution in [2.75, 3.05) is 33.3 Å². The molecule has 3 nitrogen and oxygen atoms in total. The van der Waals surface area contributed by atoms with Crippen molar-refractivity contribution in [3.8, 4) is 5.75 Å². The highest BCUT2D eigenvalue weighted by Gasteiger charge is 2.29. The van der Waals surface area contributed by atoms with Crippen molar-refractivity contribution in [2.45, 2.75) is 32.7 Å². The van der Waals surface area contributed by atoms with E-state index in [4.69, 9.17) is 4.74 Å². The number of piperazine rings is 1. The summed E-state index contributed by atoms with van der Waals surface area (Å²) in [5.41, 5.74) is 0.775. The minimum absolute atomic E-state index is 0. The van der Waals surface area contributed by atoms with Crippen LogP contribution < -0.4 is 10.1 Å². The SMILES string of the molecule is CCCC(C)[C@H](c1cccc(OC)c1F)N1CCNCC1.Cl. The van der Waals surface area contributed by atoms with E-state index in [1.165, 1.54) is 7.11 Å². The van der Waals surface area contributed by atoms with Crippen LogP contribution in [0.15, 0.2) is 18.2 Å². The molecule has 1 aromatic rings. The molecule has 1 N–H and O–H groups in total. The summed E-state index contributed by atoms with van der Waals surface area (Å²) in [6.07, 6.45) is 2.22. The predicted octanol–water partition coefficient (Wildman–Crippen LogP) is 3.64. The van der Waals surface area contributed by atoms with Gasteiger partial charge in [-0.2, -0.15) is 0 Å². The summed E-state index contributed by atoms with van der Waals surface area (Å²) in [5.74, 6) is 0.567. The Bertz CT molecular complexity index is 452. The highest BCUT2D eigenvalue weighted by Crippen LogP contribution is 2.35. The van der Waals surface area contributed by atoms with Gasteiger partial charge in [0.05, 0.1) is 7.11 Å². The lowest BCUT2D eigenvalue weighted by molar-refractivity contribution is 0.122. The van der Waals surface area contributed by atoms with Crippen molar-refractivity contribution in [3.05, 3.63) is 29.6 Å². The second-order valence-corrected chi connectivity index (χ2v) is 5.86. The fourth-order valence-corrected chi connectivity index (χ4v) is 3.35. The number of hydrogen-bond donors (Lipinski definition) is 1. The summed E-state index contributed by atoms with van der Waals surface area (Å²) < 4.78 is 19.9. The zero-order valence-corrected chi connectivity index (χ0v) is 14.6. The first-order valence-electron chi connectivity index (χ1n) is 7.96. The van der Waals surface area contributed by atoms with E-state index in [1.54, 1.807) is 6.07 Å². The molecule has 1 unspecified atom stereocenters. The summed E-state index contributed by atoms with van der Waals surface area (Å²) in [6.45, 7) is 8.30. The molecule has 0 saturated carbocycles. The fourth-order valence-electron chi connectivity index (χ4n) is 3.35. The van der Waals surface area contributed by atoms with Crippen LogP contribution in [0.4, 0.5) is 4.39 Å². The molecule has 126 valence electrons. The van der Waals surface area contributed by atoms with Crippen LogP contribution in [0.5, 0.6) is 5.75 Å². The van der Waals surface area contributed by atoms with Crippen molar-refractivity contribution in [1.29, 1.82) is 0 Å². The van der Waals surface area contributed by atoms with Crippen LogP contribution in [0.25, 0.3) is 0 Å². The molecule has 0 amide bonds. The smallest absolute Gasteiger partial charge is 0.169 e. The molecule has 22 heavy (non-hydrogen) atoms. The largest absolute Gasteiger partial charge is 0.494 e. The molecular formula is C17H28ClFN2O. The third kappa shape index (κ3) is 4.34. The molecule has 2 atom stereocenters. The predicted molar refractivity (Wildman–Crippen MR) is 91.5 cm³/mol. The average Bonchev–Trinajstić information content (AvgIpc) is 2.51. The second-order valence-electron chi connectivity index (χ2n) is 5.86. The molecule has 1 heterocycles. The van der Waals surface area contributed by atoms with E-state index in [0.29, 0.717) is 11.7 Å². The molecule has 0 bridgehead atoms. The van der Waals surface area contributed by atoms with Crippen LogP contribution in [0.3, 0.4) is 0 Å². The lowest BCUT2D eigenvalue weighted by Gasteiger charge is -2.39. The number of nitrogens with one attached hydrogen (secondary N) is 1. The average molecular weight is 331 g/mol. The molecule has 0 aromatic heterocycles. The van der Waals surface area contributed by atoms with Crippen LogP contribution in [0.1, 0.15) is 38.3 Å². The van der Waals surface area contributed by atoms with Gasteiger partial charge in [-0.3, -0.25) is 4.90 Å². The third-order valence-electron chi connectivity index (χ3n) is 4.36. The molecule has 1 saturated heterocycles. The Morgan fingerprint density at radius 3 is 2.59 bits per heavy atom. The topological polar surface area (TPSA) is 24.5 Å². The fraction of sp³-hybridized carbons (Fsp3) is 0.647. The van der Waals surface area contributed by atoms with Gasteiger partial charge in [0.1, 0.15) is 0 Å². The molecule has 1 aromatic carbocycles. The maximum Gasteiger partial charge on any atom is 0.169 e. The quantitative estimate of drug-likeness (QED) is 0.862. The Labute approximate surface area is 139 Å². The Hall–Kier alpha value is -0.840. The number of benzene rings is 1. The highest BCUT2D eigenvalue weighted by molar-refractivity contribution is 5.85. The van der Waals surface area contributed by atoms with E-state index in [-0.39, 0.29) is 24.3 Å². The maximum absolute atomic E-state index is 14.7. The van der Waals surface area contributed by atoms with Gasteiger partial charge < -0.3 is 10.1 Å². The van der Waals surface area contributed by atoms with Gasteiger partial charge in [-0.05, 0) is 18.4 Å². The number of rotatable bonds is 6. The zero-order valence-electron chi connectivity index (χ0n) is 13.8. The molecule has 1 fully saturated rings. The van der Waals surface area contributed by atoms with E-state index in [0.717, 1.165) is 44.6 Å². The minimum Gasteiger partial charge on any atom is -0.494 e. The van der Waals surface area contributed by atoms with E-state index in [1.807, 2.05) is 12.1 Å². The molecule has 1 aliphatic rings. The maximum atomic E-state index is 14.7. The van der Waals surface area contributed by atoms with Gasteiger partial charge in [0.15, 0.2) is 11.6 Å². The van der Waals surface area contributed by atoms with Crippen molar-refractivity contribution in [3.63, 3.8) is 0 Å². The second kappa shape index (κ2) is 9.33. The summed E-state index contributed by atoms with van der Waals surface area (Å²) >= 11 is 0. The Morgan fingerprint density at radius 1 is 1.32 bits per heavy atom. The lowest BCUT2D eigenvalue weighted by Crippen LogP contribution is -2.46. The molecule has 0 spiro atoms. The van der Waals surface area contributed by atoms with Crippen LogP contribution >= 0.6 is 12.4 Å². The van der Waals surface area contributed by atoms with E-state index in [9.17, 15) is 4.39 Å². The zero-order chi connectivity index (χ0) is 15.2. The monoisotopic (exact) mass is 330 g/mol. The first kappa shape index (κ1) is 19.2. The van der Waals surface area contributed by atoms with Crippen molar-refractivity contribution < 1.29 is 9.13 Å². The first-order chi connectivity index (χ1) is 10.2. The Morgan fingerprint density at radius 2 is 2.00 bits per heavy atom. The van der Waals surface area contributed by atoms with Crippen molar-refractivity contribution in [2.24, 2.45) is 5.92 Å². The third-order valence-corrected chi connectivity index (χ3v) is 4.36. The summed E-state index contributed by atoms with van der Waals surface area (Å²) in [7, 11) is 1.53. The standard InChI is InChI=1S/C17H27FN2O.ClH/c1-4-6-13(2)17(20-11-9-19-10-12-20)14-7-5-8-15(21-3)16(14)18;/h5,7-8,13,17,19H,4,6,9-12H2,1-3H3;1H/t13?,17-;/m1./s1. The Balaban J connectivity index is 0.00000242. The Kier molecular flexibility index (Phi) is 8.15. The van der Waals surface area contributed by atoms with Gasteiger partial charge in [0.25, 0.3) is 0 Å². The van der Waals surface area contributed by atoms with Crippen LogP contribution in [0.2, 0.25) is 0 Å². The highest BCUT2D eigenvalue weighted by atomic mass is 35.5. The summed E-state index contributed by atoms with van der Waals surface area (Å²) in [6, 6.07) is 5.63. The summed E-state index contributed by atoms with van der Waals surface area (Å²) in [5, 5.41) is 3.37. The molecule has 0 aliphatic carbocycles. The van der Waals surface area contributed by atoms with Gasteiger partial charge in [-0.1, -0.05) is 32.4 Å². The number of methoxy groups -OCH3 is 1. The number of halogens is 2. The van der Waals surface area contributed by atoms with Gasteiger partial charge >= 0.3 is 0 Å². The number of nitrogens with zero attached hydrogens (tertiary/aromatic N) is 1. The number of hydrogen-bond acceptors (Lipinski definition) is 3. The molecule has 5 heteroatoms. The van der Waals surface area contributed by atoms with Crippen LogP contribution in [-0.2, 0) is 0 Å². The normalized spacial score (nSPS) is 18.4. The van der Waals surface area contributed by atoms with E-state index in [2.05, 4.69) is 24.1 Å². The van der Waals surface area contributed by atoms with E-state index < -0.39 is 0 Å². The van der Waals surface area contributed by atoms with Crippen molar-refractivity contribution >= 4 is 12.4 Å². The minimum atomic E-state index is -0.202.